The minimum Gasteiger partial charge on any atom is -0.459 e. The van der Waals surface area contributed by atoms with Gasteiger partial charge in [0.25, 0.3) is 0 Å². The summed E-state index contributed by atoms with van der Waals surface area (Å²) >= 11 is 0. The van der Waals surface area contributed by atoms with Crippen molar-refractivity contribution in [3.63, 3.8) is 0 Å². The summed E-state index contributed by atoms with van der Waals surface area (Å²) in [5.41, 5.74) is 5.30. The molecule has 1 fully saturated rings. The van der Waals surface area contributed by atoms with E-state index in [1.807, 2.05) is 0 Å². The van der Waals surface area contributed by atoms with Crippen molar-refractivity contribution in [1.29, 1.82) is 0 Å². The molecule has 4 heteroatoms. The van der Waals surface area contributed by atoms with Gasteiger partial charge >= 0.3 is 5.97 Å². The van der Waals surface area contributed by atoms with Gasteiger partial charge in [0, 0.05) is 6.42 Å². The van der Waals surface area contributed by atoms with E-state index in [1.54, 1.807) is 6.92 Å². The van der Waals surface area contributed by atoms with Gasteiger partial charge in [-0.25, -0.2) is 0 Å². The van der Waals surface area contributed by atoms with E-state index in [1.165, 1.54) is 0 Å². The number of hydrogen-bond donors (Lipinski definition) is 1. The van der Waals surface area contributed by atoms with Crippen LogP contribution in [-0.4, -0.2) is 31.3 Å². The van der Waals surface area contributed by atoms with Gasteiger partial charge in [0.2, 0.25) is 0 Å². The fraction of sp³-hybridized carbons (Fsp3) is 0.857. The van der Waals surface area contributed by atoms with Gasteiger partial charge in [-0.1, -0.05) is 0 Å². The molecule has 64 valence electrons. The Kier molecular flexibility index (Phi) is 2.84. The highest BCUT2D eigenvalue weighted by atomic mass is 16.6. The molecule has 0 bridgehead atoms. The molecule has 0 amide bonds. The van der Waals surface area contributed by atoms with Crippen molar-refractivity contribution in [2.75, 3.05) is 13.2 Å². The van der Waals surface area contributed by atoms with Crippen LogP contribution < -0.4 is 5.73 Å². The average Bonchev–Trinajstić information content (AvgIpc) is 2.39. The van der Waals surface area contributed by atoms with Crippen molar-refractivity contribution < 1.29 is 14.3 Å². The van der Waals surface area contributed by atoms with Crippen LogP contribution in [0.1, 0.15) is 13.3 Å². The number of ether oxygens (including phenoxy) is 2. The summed E-state index contributed by atoms with van der Waals surface area (Å²) in [6, 6.07) is -0.532. The molecule has 0 aromatic heterocycles. The number of rotatable bonds is 2. The van der Waals surface area contributed by atoms with Crippen molar-refractivity contribution in [2.45, 2.75) is 25.5 Å². The molecule has 11 heavy (non-hydrogen) atoms. The van der Waals surface area contributed by atoms with Crippen molar-refractivity contribution in [2.24, 2.45) is 5.73 Å². The maximum Gasteiger partial charge on any atom is 0.322 e. The van der Waals surface area contributed by atoms with Crippen LogP contribution >= 0.6 is 0 Å². The molecular formula is C7H13NO3. The largest absolute Gasteiger partial charge is 0.459 e. The minimum absolute atomic E-state index is 0.0755. The average molecular weight is 159 g/mol. The smallest absolute Gasteiger partial charge is 0.322 e. The first-order chi connectivity index (χ1) is 5.20. The zero-order valence-corrected chi connectivity index (χ0v) is 6.58. The normalized spacial score (nSPS) is 26.5. The molecule has 1 rings (SSSR count). The van der Waals surface area contributed by atoms with Crippen LogP contribution in [0.5, 0.6) is 0 Å². The molecular weight excluding hydrogens is 146 g/mol. The molecule has 2 N–H and O–H groups in total. The van der Waals surface area contributed by atoms with Gasteiger partial charge in [0.1, 0.15) is 12.1 Å². The maximum atomic E-state index is 10.9. The fourth-order valence-electron chi connectivity index (χ4n) is 0.877. The van der Waals surface area contributed by atoms with E-state index in [2.05, 4.69) is 0 Å². The molecule has 1 heterocycles. The predicted molar refractivity (Wildman–Crippen MR) is 39.0 cm³/mol. The van der Waals surface area contributed by atoms with E-state index in [4.69, 9.17) is 15.2 Å². The summed E-state index contributed by atoms with van der Waals surface area (Å²) in [4.78, 5) is 10.9. The molecule has 0 aromatic rings. The lowest BCUT2D eigenvalue weighted by Gasteiger charge is -2.11. The van der Waals surface area contributed by atoms with E-state index >= 15 is 0 Å². The Morgan fingerprint density at radius 2 is 2.55 bits per heavy atom. The highest BCUT2D eigenvalue weighted by molar-refractivity contribution is 5.75. The summed E-state index contributed by atoms with van der Waals surface area (Å²) in [7, 11) is 0. The molecule has 0 spiro atoms. The second kappa shape index (κ2) is 3.69. The van der Waals surface area contributed by atoms with Crippen molar-refractivity contribution >= 4 is 5.97 Å². The molecule has 0 unspecified atom stereocenters. The number of esters is 1. The molecule has 0 radical (unpaired) electrons. The molecule has 2 atom stereocenters. The Morgan fingerprint density at radius 1 is 1.82 bits per heavy atom. The van der Waals surface area contributed by atoms with Crippen LogP contribution in [0.2, 0.25) is 0 Å². The molecule has 1 aliphatic heterocycles. The third-order valence-electron chi connectivity index (χ3n) is 1.54. The first-order valence-electron chi connectivity index (χ1n) is 3.74. The highest BCUT2D eigenvalue weighted by Gasteiger charge is 2.21. The Balaban J connectivity index is 2.24. The topological polar surface area (TPSA) is 61.6 Å². The predicted octanol–water partition coefficient (Wildman–Crippen LogP) is -0.334. The van der Waals surface area contributed by atoms with Crippen LogP contribution in [0, 0.1) is 0 Å². The van der Waals surface area contributed by atoms with E-state index < -0.39 is 6.04 Å². The van der Waals surface area contributed by atoms with Gasteiger partial charge in [-0.05, 0) is 6.92 Å². The summed E-state index contributed by atoms with van der Waals surface area (Å²) in [6.07, 6.45) is 0.715. The lowest BCUT2D eigenvalue weighted by Crippen LogP contribution is -2.32. The lowest BCUT2D eigenvalue weighted by molar-refractivity contribution is -0.150. The quantitative estimate of drug-likeness (QED) is 0.560. The summed E-state index contributed by atoms with van der Waals surface area (Å²) in [6.45, 7) is 2.80. The molecule has 4 nitrogen and oxygen atoms in total. The molecule has 1 aliphatic rings. The monoisotopic (exact) mass is 159 g/mol. The summed E-state index contributed by atoms with van der Waals surface area (Å²) < 4.78 is 10.0. The standard InChI is InChI=1S/C7H13NO3/c1-5(8)7(9)11-6-2-3-10-4-6/h5-6H,2-4,8H2,1H3/t5-,6-/m0/s1. The van der Waals surface area contributed by atoms with Crippen LogP contribution in [0.15, 0.2) is 0 Å². The third kappa shape index (κ3) is 2.48. The highest BCUT2D eigenvalue weighted by Crippen LogP contribution is 2.08. The first-order valence-corrected chi connectivity index (χ1v) is 3.74. The van der Waals surface area contributed by atoms with Crippen molar-refractivity contribution in [1.82, 2.24) is 0 Å². The number of nitrogens with two attached hydrogens (primary N) is 1. The number of carbonyl (C=O) groups is 1. The minimum atomic E-state index is -0.532. The van der Waals surface area contributed by atoms with E-state index in [0.717, 1.165) is 6.42 Å². The summed E-state index contributed by atoms with van der Waals surface area (Å²) in [5.74, 6) is -0.347. The van der Waals surface area contributed by atoms with Crippen molar-refractivity contribution in [3.05, 3.63) is 0 Å². The lowest BCUT2D eigenvalue weighted by atomic mass is 10.3. The Labute approximate surface area is 65.7 Å². The van der Waals surface area contributed by atoms with E-state index in [-0.39, 0.29) is 12.1 Å². The molecule has 1 saturated heterocycles. The number of hydrogen-bond acceptors (Lipinski definition) is 4. The Morgan fingerprint density at radius 3 is 3.00 bits per heavy atom. The molecule has 0 saturated carbocycles. The van der Waals surface area contributed by atoms with Crippen LogP contribution in [0.4, 0.5) is 0 Å². The van der Waals surface area contributed by atoms with Gasteiger partial charge in [-0.2, -0.15) is 0 Å². The molecule has 0 aliphatic carbocycles. The first kappa shape index (κ1) is 8.49. The van der Waals surface area contributed by atoms with Crippen LogP contribution in [-0.2, 0) is 14.3 Å². The van der Waals surface area contributed by atoms with Crippen molar-refractivity contribution in [3.8, 4) is 0 Å². The second-order valence-electron chi connectivity index (χ2n) is 2.71. The van der Waals surface area contributed by atoms with E-state index in [0.29, 0.717) is 13.2 Å². The van der Waals surface area contributed by atoms with Crippen LogP contribution in [0.25, 0.3) is 0 Å². The SMILES string of the molecule is C[C@H](N)C(=O)O[C@H]1CCOC1. The Hall–Kier alpha value is -0.610. The fourth-order valence-corrected chi connectivity index (χ4v) is 0.877. The van der Waals surface area contributed by atoms with Crippen LogP contribution in [0.3, 0.4) is 0 Å². The van der Waals surface area contributed by atoms with Gasteiger partial charge in [0.15, 0.2) is 0 Å². The van der Waals surface area contributed by atoms with Gasteiger partial charge < -0.3 is 15.2 Å². The second-order valence-corrected chi connectivity index (χ2v) is 2.71. The van der Waals surface area contributed by atoms with E-state index in [9.17, 15) is 4.79 Å². The number of carbonyl (C=O) groups excluding carboxylic acids is 1. The van der Waals surface area contributed by atoms with Gasteiger partial charge in [-0.3, -0.25) is 4.79 Å². The van der Waals surface area contributed by atoms with Gasteiger partial charge in [-0.15, -0.1) is 0 Å². The summed E-state index contributed by atoms with van der Waals surface area (Å²) in [5, 5.41) is 0. The zero-order valence-electron chi connectivity index (χ0n) is 6.58. The zero-order chi connectivity index (χ0) is 8.27. The third-order valence-corrected chi connectivity index (χ3v) is 1.54. The molecule has 0 aromatic carbocycles. The van der Waals surface area contributed by atoms with Gasteiger partial charge in [0.05, 0.1) is 13.2 Å². The maximum absolute atomic E-state index is 10.9. The Bertz CT molecular complexity index is 141.